The summed E-state index contributed by atoms with van der Waals surface area (Å²) in [6.45, 7) is 1.70. The molecule has 0 atom stereocenters. The molecule has 4 nitrogen and oxygen atoms in total. The third kappa shape index (κ3) is 3.46. The van der Waals surface area contributed by atoms with Crippen molar-refractivity contribution >= 4 is 11.5 Å². The van der Waals surface area contributed by atoms with Crippen molar-refractivity contribution < 1.29 is 18.7 Å². The van der Waals surface area contributed by atoms with Crippen molar-refractivity contribution in [3.63, 3.8) is 0 Å². The third-order valence-corrected chi connectivity index (χ3v) is 3.88. The minimum absolute atomic E-state index is 0.0686. The number of hydrogen-bond acceptors (Lipinski definition) is 4. The predicted octanol–water partition coefficient (Wildman–Crippen LogP) is 3.78. The maximum absolute atomic E-state index is 13.9. The summed E-state index contributed by atoms with van der Waals surface area (Å²) in [7, 11) is 1.30. The number of para-hydroxylation sites is 1. The van der Waals surface area contributed by atoms with Crippen molar-refractivity contribution in [2.45, 2.75) is 6.42 Å². The number of benzene rings is 2. The number of ether oxygens (including phenoxy) is 2. The summed E-state index contributed by atoms with van der Waals surface area (Å²) in [4.78, 5) is 12.0. The van der Waals surface area contributed by atoms with E-state index >= 15 is 0 Å². The molecule has 24 heavy (non-hydrogen) atoms. The maximum atomic E-state index is 13.9. The monoisotopic (exact) mass is 327 g/mol. The molecule has 0 radical (unpaired) electrons. The van der Waals surface area contributed by atoms with Gasteiger partial charge < -0.3 is 14.8 Å². The number of halogens is 1. The second kappa shape index (κ2) is 7.27. The zero-order valence-corrected chi connectivity index (χ0v) is 13.3. The Balaban J connectivity index is 2.01. The first-order valence-corrected chi connectivity index (χ1v) is 7.74. The molecule has 0 aromatic heterocycles. The normalized spacial score (nSPS) is 14.0. The van der Waals surface area contributed by atoms with Crippen molar-refractivity contribution in [3.8, 4) is 11.5 Å². The molecule has 1 aliphatic heterocycles. The Kier molecular flexibility index (Phi) is 4.91. The molecule has 3 rings (SSSR count). The van der Waals surface area contributed by atoms with Crippen LogP contribution in [0.15, 0.2) is 48.5 Å². The van der Waals surface area contributed by atoms with E-state index in [9.17, 15) is 9.18 Å². The van der Waals surface area contributed by atoms with E-state index in [1.54, 1.807) is 24.3 Å². The lowest BCUT2D eigenvalue weighted by atomic mass is 9.98. The van der Waals surface area contributed by atoms with Crippen LogP contribution in [0.4, 0.5) is 4.39 Å². The van der Waals surface area contributed by atoms with E-state index in [2.05, 4.69) is 11.4 Å². The van der Waals surface area contributed by atoms with Gasteiger partial charge in [0.2, 0.25) is 0 Å². The topological polar surface area (TPSA) is 47.6 Å². The lowest BCUT2D eigenvalue weighted by molar-refractivity contribution is 0.0598. The van der Waals surface area contributed by atoms with Gasteiger partial charge in [-0.3, -0.25) is 0 Å². The van der Waals surface area contributed by atoms with E-state index in [0.29, 0.717) is 0 Å². The van der Waals surface area contributed by atoms with Crippen molar-refractivity contribution in [2.75, 3.05) is 20.2 Å². The summed E-state index contributed by atoms with van der Waals surface area (Å²) in [6.07, 6.45) is 2.99. The average Bonchev–Trinajstić information content (AvgIpc) is 2.63. The highest BCUT2D eigenvalue weighted by Gasteiger charge is 2.17. The number of carbonyl (C=O) groups excluding carboxylic acids is 1. The third-order valence-electron chi connectivity index (χ3n) is 3.88. The first-order chi connectivity index (χ1) is 11.7. The van der Waals surface area contributed by atoms with Gasteiger partial charge in [-0.25, -0.2) is 9.18 Å². The van der Waals surface area contributed by atoms with Crippen LogP contribution in [-0.4, -0.2) is 26.2 Å². The Labute approximate surface area is 139 Å². The molecule has 1 heterocycles. The maximum Gasteiger partial charge on any atom is 0.341 e. The van der Waals surface area contributed by atoms with Gasteiger partial charge in [-0.15, -0.1) is 0 Å². The fraction of sp³-hybridized carbons (Fsp3) is 0.211. The van der Waals surface area contributed by atoms with Crippen LogP contribution in [0.2, 0.25) is 0 Å². The second-order valence-electron chi connectivity index (χ2n) is 5.42. The van der Waals surface area contributed by atoms with Crippen LogP contribution in [0.25, 0.3) is 5.57 Å². The van der Waals surface area contributed by atoms with Crippen molar-refractivity contribution in [2.24, 2.45) is 0 Å². The number of methoxy groups -OCH3 is 1. The van der Waals surface area contributed by atoms with Gasteiger partial charge >= 0.3 is 5.97 Å². The van der Waals surface area contributed by atoms with E-state index in [0.717, 1.165) is 25.1 Å². The van der Waals surface area contributed by atoms with Gasteiger partial charge in [-0.2, -0.15) is 0 Å². The first-order valence-electron chi connectivity index (χ1n) is 7.74. The van der Waals surface area contributed by atoms with Gasteiger partial charge in [-0.05, 0) is 48.4 Å². The van der Waals surface area contributed by atoms with E-state index in [4.69, 9.17) is 9.47 Å². The van der Waals surface area contributed by atoms with Crippen LogP contribution >= 0.6 is 0 Å². The van der Waals surface area contributed by atoms with E-state index < -0.39 is 11.8 Å². The summed E-state index contributed by atoms with van der Waals surface area (Å²) in [5.41, 5.74) is 2.39. The van der Waals surface area contributed by atoms with Crippen LogP contribution in [-0.2, 0) is 4.74 Å². The molecule has 2 aromatic carbocycles. The van der Waals surface area contributed by atoms with Crippen LogP contribution in [0.5, 0.6) is 11.5 Å². The molecule has 5 heteroatoms. The molecular formula is C19H18FNO3. The van der Waals surface area contributed by atoms with Crippen LogP contribution < -0.4 is 10.1 Å². The molecule has 0 saturated carbocycles. The minimum Gasteiger partial charge on any atom is -0.465 e. The average molecular weight is 327 g/mol. The lowest BCUT2D eigenvalue weighted by Crippen LogP contribution is -2.20. The number of hydrogen-bond donors (Lipinski definition) is 1. The highest BCUT2D eigenvalue weighted by atomic mass is 19.1. The summed E-state index contributed by atoms with van der Waals surface area (Å²) in [5.74, 6) is -0.657. The largest absolute Gasteiger partial charge is 0.465 e. The van der Waals surface area contributed by atoms with Gasteiger partial charge in [0.1, 0.15) is 11.3 Å². The highest BCUT2D eigenvalue weighted by Crippen LogP contribution is 2.32. The quantitative estimate of drug-likeness (QED) is 0.868. The lowest BCUT2D eigenvalue weighted by Gasteiger charge is -2.17. The summed E-state index contributed by atoms with van der Waals surface area (Å²) >= 11 is 0. The standard InChI is InChI=1S/C19H18FNO3/c1-23-19(22)15-7-6-14(13-8-10-21-11-9-13)12-18(15)24-17-5-3-2-4-16(17)20/h2-8,12,21H,9-11H2,1H3. The Bertz CT molecular complexity index is 786. The van der Waals surface area contributed by atoms with E-state index in [1.165, 1.54) is 24.8 Å². The fourth-order valence-corrected chi connectivity index (χ4v) is 2.62. The molecule has 0 bridgehead atoms. The Morgan fingerprint density at radius 3 is 2.71 bits per heavy atom. The fourth-order valence-electron chi connectivity index (χ4n) is 2.62. The van der Waals surface area contributed by atoms with Crippen LogP contribution in [0, 0.1) is 5.82 Å². The Morgan fingerprint density at radius 2 is 2.00 bits per heavy atom. The van der Waals surface area contributed by atoms with Gasteiger partial charge in [-0.1, -0.05) is 24.3 Å². The summed E-state index contributed by atoms with van der Waals surface area (Å²) in [6, 6.07) is 11.4. The van der Waals surface area contributed by atoms with Crippen molar-refractivity contribution in [1.82, 2.24) is 5.32 Å². The Morgan fingerprint density at radius 1 is 1.17 bits per heavy atom. The SMILES string of the molecule is COC(=O)c1ccc(C2=CCNCC2)cc1Oc1ccccc1F. The van der Waals surface area contributed by atoms with Crippen molar-refractivity contribution in [3.05, 3.63) is 65.5 Å². The van der Waals surface area contributed by atoms with Gasteiger partial charge in [0.15, 0.2) is 11.6 Å². The molecule has 0 amide bonds. The second-order valence-corrected chi connectivity index (χ2v) is 5.42. The number of nitrogens with one attached hydrogen (secondary N) is 1. The molecular weight excluding hydrogens is 309 g/mol. The van der Waals surface area contributed by atoms with Crippen molar-refractivity contribution in [1.29, 1.82) is 0 Å². The number of rotatable bonds is 4. The molecule has 1 N–H and O–H groups in total. The zero-order chi connectivity index (χ0) is 16.9. The molecule has 0 saturated heterocycles. The molecule has 124 valence electrons. The molecule has 0 fully saturated rings. The molecule has 2 aromatic rings. The smallest absolute Gasteiger partial charge is 0.341 e. The highest BCUT2D eigenvalue weighted by molar-refractivity contribution is 5.93. The Hall–Kier alpha value is -2.66. The van der Waals surface area contributed by atoms with Crippen LogP contribution in [0.1, 0.15) is 22.3 Å². The van der Waals surface area contributed by atoms with E-state index in [-0.39, 0.29) is 17.1 Å². The summed E-state index contributed by atoms with van der Waals surface area (Å²) in [5, 5.41) is 3.25. The predicted molar refractivity (Wildman–Crippen MR) is 89.7 cm³/mol. The zero-order valence-electron chi connectivity index (χ0n) is 13.3. The van der Waals surface area contributed by atoms with Gasteiger partial charge in [0.25, 0.3) is 0 Å². The number of carbonyl (C=O) groups is 1. The number of esters is 1. The molecule has 0 aliphatic carbocycles. The summed E-state index contributed by atoms with van der Waals surface area (Å²) < 4.78 is 24.4. The van der Waals surface area contributed by atoms with Gasteiger partial charge in [0, 0.05) is 6.54 Å². The van der Waals surface area contributed by atoms with Gasteiger partial charge in [0.05, 0.1) is 7.11 Å². The molecule has 0 unspecified atom stereocenters. The minimum atomic E-state index is -0.521. The molecule has 1 aliphatic rings. The van der Waals surface area contributed by atoms with Crippen LogP contribution in [0.3, 0.4) is 0 Å². The molecule has 0 spiro atoms. The van der Waals surface area contributed by atoms with E-state index in [1.807, 2.05) is 6.07 Å². The first kappa shape index (κ1) is 16.2.